The first-order valence-corrected chi connectivity index (χ1v) is 7.24. The van der Waals surface area contributed by atoms with Gasteiger partial charge in [0.1, 0.15) is 11.4 Å². The fraction of sp³-hybridized carbons (Fsp3) is 0.571. The van der Waals surface area contributed by atoms with Gasteiger partial charge in [-0.25, -0.2) is 9.59 Å². The van der Waals surface area contributed by atoms with Gasteiger partial charge in [-0.2, -0.15) is 26.3 Å². The number of ether oxygens (including phenoxy) is 2. The summed E-state index contributed by atoms with van der Waals surface area (Å²) in [5, 5.41) is 10.5. The van der Waals surface area contributed by atoms with Gasteiger partial charge in [0, 0.05) is 0 Å². The highest BCUT2D eigenvalue weighted by Crippen LogP contribution is 2.42. The number of hydrogen-bond donors (Lipinski definition) is 2. The molecule has 0 fully saturated rings. The van der Waals surface area contributed by atoms with E-state index in [4.69, 9.17) is 0 Å². The number of nitrogens with one attached hydrogen (secondary N) is 1. The number of aliphatic hydroxyl groups excluding tert-OH is 1. The number of alkyl halides is 6. The molecule has 26 heavy (non-hydrogen) atoms. The van der Waals surface area contributed by atoms with Crippen LogP contribution in [0.3, 0.4) is 0 Å². The van der Waals surface area contributed by atoms with Crippen LogP contribution in [0.5, 0.6) is 0 Å². The number of carbonyl (C=O) groups is 2. The van der Waals surface area contributed by atoms with Crippen LogP contribution in [0.15, 0.2) is 22.5 Å². The lowest BCUT2D eigenvalue weighted by Gasteiger charge is -2.32. The number of rotatable bonds is 5. The summed E-state index contributed by atoms with van der Waals surface area (Å²) in [5.74, 6) is -5.47. The largest absolute Gasteiger partial charge is 0.463 e. The van der Waals surface area contributed by atoms with Gasteiger partial charge in [0.05, 0.1) is 36.9 Å². The number of aliphatic hydroxyl groups is 1. The summed E-state index contributed by atoms with van der Waals surface area (Å²) < 4.78 is 88.2. The molecule has 1 rings (SSSR count). The van der Waals surface area contributed by atoms with Crippen LogP contribution >= 0.6 is 0 Å². The molecule has 2 N–H and O–H groups in total. The average Bonchev–Trinajstić information content (AvgIpc) is 2.51. The Kier molecular flexibility index (Phi) is 6.69. The lowest BCUT2D eigenvalue weighted by atomic mass is 9.85. The molecular weight excluding hydrogens is 376 g/mol. The topological polar surface area (TPSA) is 84.9 Å². The minimum atomic E-state index is -5.41. The molecule has 0 saturated heterocycles. The zero-order valence-corrected chi connectivity index (χ0v) is 13.5. The molecule has 0 saturated carbocycles. The Morgan fingerprint density at radius 1 is 0.923 bits per heavy atom. The maximum Gasteiger partial charge on any atom is 0.431 e. The minimum Gasteiger partial charge on any atom is -0.463 e. The van der Waals surface area contributed by atoms with E-state index in [0.717, 1.165) is 5.32 Å². The van der Waals surface area contributed by atoms with Crippen LogP contribution < -0.4 is 5.32 Å². The van der Waals surface area contributed by atoms with Crippen molar-refractivity contribution in [3.8, 4) is 0 Å². The van der Waals surface area contributed by atoms with E-state index in [1.54, 1.807) is 0 Å². The fourth-order valence-electron chi connectivity index (χ4n) is 2.29. The quantitative estimate of drug-likeness (QED) is 0.551. The molecule has 0 bridgehead atoms. The van der Waals surface area contributed by atoms with Crippen LogP contribution in [0.4, 0.5) is 26.3 Å². The van der Waals surface area contributed by atoms with Gasteiger partial charge in [0.2, 0.25) is 0 Å². The predicted molar refractivity (Wildman–Crippen MR) is 73.1 cm³/mol. The van der Waals surface area contributed by atoms with Crippen molar-refractivity contribution in [2.75, 3.05) is 19.8 Å². The van der Waals surface area contributed by atoms with E-state index in [0.29, 0.717) is 0 Å². The third kappa shape index (κ3) is 4.48. The van der Waals surface area contributed by atoms with Gasteiger partial charge in [0.25, 0.3) is 0 Å². The monoisotopic (exact) mass is 391 g/mol. The van der Waals surface area contributed by atoms with Gasteiger partial charge in [-0.1, -0.05) is 0 Å². The Balaban J connectivity index is 3.72. The first kappa shape index (κ1) is 21.8. The highest BCUT2D eigenvalue weighted by molar-refractivity contribution is 5.98. The van der Waals surface area contributed by atoms with Crippen LogP contribution in [0.1, 0.15) is 13.8 Å². The normalized spacial score (nSPS) is 16.5. The minimum absolute atomic E-state index is 0.379. The molecule has 6 nitrogen and oxygen atoms in total. The van der Waals surface area contributed by atoms with Gasteiger partial charge in [0.15, 0.2) is 0 Å². The van der Waals surface area contributed by atoms with Crippen molar-refractivity contribution in [1.82, 2.24) is 5.32 Å². The van der Waals surface area contributed by atoms with Gasteiger partial charge in [-0.05, 0) is 13.8 Å². The molecule has 0 spiro atoms. The number of hydrogen-bond acceptors (Lipinski definition) is 6. The molecule has 0 aromatic rings. The van der Waals surface area contributed by atoms with E-state index in [2.05, 4.69) is 9.47 Å². The number of halogens is 6. The standard InChI is InChI=1S/C14H15F6NO5/c1-3-25-11(23)7-6(5-22)8(12(24)26-4-2)10(14(18,19)20)21-9(7)13(15,16)17/h6,21-22H,3-5H2,1-2H3. The van der Waals surface area contributed by atoms with E-state index < -0.39 is 59.4 Å². The van der Waals surface area contributed by atoms with E-state index in [-0.39, 0.29) is 13.2 Å². The maximum absolute atomic E-state index is 13.2. The molecule has 0 unspecified atom stereocenters. The molecule has 1 heterocycles. The third-order valence-corrected chi connectivity index (χ3v) is 3.23. The van der Waals surface area contributed by atoms with Crippen molar-refractivity contribution in [2.45, 2.75) is 26.2 Å². The Morgan fingerprint density at radius 2 is 1.27 bits per heavy atom. The van der Waals surface area contributed by atoms with Crippen molar-refractivity contribution in [1.29, 1.82) is 0 Å². The van der Waals surface area contributed by atoms with Gasteiger partial charge >= 0.3 is 24.3 Å². The summed E-state index contributed by atoms with van der Waals surface area (Å²) in [6.45, 7) is 0.383. The van der Waals surface area contributed by atoms with E-state index >= 15 is 0 Å². The van der Waals surface area contributed by atoms with Crippen LogP contribution in [0.2, 0.25) is 0 Å². The summed E-state index contributed by atoms with van der Waals surface area (Å²) in [7, 11) is 0. The molecule has 0 aromatic heterocycles. The summed E-state index contributed by atoms with van der Waals surface area (Å²) in [5.41, 5.74) is -6.79. The van der Waals surface area contributed by atoms with Gasteiger partial charge in [-0.15, -0.1) is 0 Å². The van der Waals surface area contributed by atoms with Crippen LogP contribution in [0, 0.1) is 5.92 Å². The van der Waals surface area contributed by atoms with Crippen molar-refractivity contribution >= 4 is 11.9 Å². The second-order valence-corrected chi connectivity index (χ2v) is 4.87. The first-order chi connectivity index (χ1) is 11.9. The average molecular weight is 391 g/mol. The molecule has 1 aliphatic rings. The Labute approximate surface area is 143 Å². The molecule has 0 amide bonds. The zero-order valence-electron chi connectivity index (χ0n) is 13.5. The summed E-state index contributed by atoms with van der Waals surface area (Å²) in [6.07, 6.45) is -10.8. The second-order valence-electron chi connectivity index (χ2n) is 4.87. The number of allylic oxidation sites excluding steroid dienone is 2. The SMILES string of the molecule is CCOC(=O)C1=C(C(F)(F)F)NC(C(F)(F)F)=C(C(=O)OCC)C1CO. The lowest BCUT2D eigenvalue weighted by Crippen LogP contribution is -2.44. The number of esters is 2. The fourth-order valence-corrected chi connectivity index (χ4v) is 2.29. The smallest absolute Gasteiger partial charge is 0.431 e. The lowest BCUT2D eigenvalue weighted by molar-refractivity contribution is -0.145. The Morgan fingerprint density at radius 3 is 1.50 bits per heavy atom. The molecule has 148 valence electrons. The maximum atomic E-state index is 13.2. The van der Waals surface area contributed by atoms with Crippen LogP contribution in [-0.4, -0.2) is 49.2 Å². The Bertz CT molecular complexity index is 583. The molecule has 0 aliphatic carbocycles. The van der Waals surface area contributed by atoms with Crippen molar-refractivity contribution in [3.05, 3.63) is 22.5 Å². The second kappa shape index (κ2) is 7.98. The summed E-state index contributed by atoms with van der Waals surface area (Å²) in [6, 6.07) is 0. The molecule has 0 aromatic carbocycles. The summed E-state index contributed by atoms with van der Waals surface area (Å²) >= 11 is 0. The molecular formula is C14H15F6NO5. The van der Waals surface area contributed by atoms with Crippen LogP contribution in [-0.2, 0) is 19.1 Å². The predicted octanol–water partition coefficient (Wildman–Crippen LogP) is 1.96. The van der Waals surface area contributed by atoms with Gasteiger partial charge in [-0.3, -0.25) is 0 Å². The van der Waals surface area contributed by atoms with Gasteiger partial charge < -0.3 is 19.9 Å². The third-order valence-electron chi connectivity index (χ3n) is 3.23. The number of carbonyl (C=O) groups excluding carboxylic acids is 2. The van der Waals surface area contributed by atoms with E-state index in [1.807, 2.05) is 0 Å². The first-order valence-electron chi connectivity index (χ1n) is 7.24. The summed E-state index contributed by atoms with van der Waals surface area (Å²) in [4.78, 5) is 23.8. The van der Waals surface area contributed by atoms with Crippen molar-refractivity contribution in [3.63, 3.8) is 0 Å². The van der Waals surface area contributed by atoms with E-state index in [1.165, 1.54) is 13.8 Å². The molecule has 1 aliphatic heterocycles. The van der Waals surface area contributed by atoms with Crippen molar-refractivity contribution in [2.24, 2.45) is 5.92 Å². The number of dihydropyridines is 1. The molecule has 0 atom stereocenters. The van der Waals surface area contributed by atoms with Crippen LogP contribution in [0.25, 0.3) is 0 Å². The zero-order chi connectivity index (χ0) is 20.3. The molecule has 0 radical (unpaired) electrons. The highest BCUT2D eigenvalue weighted by Gasteiger charge is 2.52. The Hall–Kier alpha value is -2.24. The molecule has 12 heteroatoms. The van der Waals surface area contributed by atoms with Crippen molar-refractivity contribution < 1.29 is 50.5 Å². The van der Waals surface area contributed by atoms with E-state index in [9.17, 15) is 41.0 Å². The highest BCUT2D eigenvalue weighted by atomic mass is 19.4.